The van der Waals surface area contributed by atoms with Crippen LogP contribution >= 0.6 is 12.4 Å². The standard InChI is InChI=1S/C16H20F2N4O.ClH/c1-11-6-12(2)22(21-11)8-13-4-3-5-14(7-13)15(23)20-10-16(17,18)9-19;/h3-7H,8-10,19H2,1-2H3,(H,20,23);1H. The average molecular weight is 359 g/mol. The quantitative estimate of drug-likeness (QED) is 0.832. The van der Waals surface area contributed by atoms with Crippen LogP contribution in [0.25, 0.3) is 0 Å². The molecule has 1 aromatic heterocycles. The highest BCUT2D eigenvalue weighted by atomic mass is 35.5. The van der Waals surface area contributed by atoms with Crippen molar-refractivity contribution >= 4 is 18.3 Å². The van der Waals surface area contributed by atoms with Crippen LogP contribution in [0.2, 0.25) is 0 Å². The molecule has 132 valence electrons. The number of carbonyl (C=O) groups excluding carboxylic acids is 1. The Kier molecular flexibility index (Phi) is 6.86. The van der Waals surface area contributed by atoms with Crippen LogP contribution in [-0.4, -0.2) is 34.7 Å². The fourth-order valence-corrected chi connectivity index (χ4v) is 2.20. The second-order valence-corrected chi connectivity index (χ2v) is 5.53. The Morgan fingerprint density at radius 2 is 2.04 bits per heavy atom. The number of rotatable bonds is 6. The van der Waals surface area contributed by atoms with E-state index in [0.29, 0.717) is 12.1 Å². The fourth-order valence-electron chi connectivity index (χ4n) is 2.20. The zero-order valence-corrected chi connectivity index (χ0v) is 14.4. The highest BCUT2D eigenvalue weighted by molar-refractivity contribution is 5.94. The van der Waals surface area contributed by atoms with Gasteiger partial charge in [0.25, 0.3) is 11.8 Å². The number of hydrogen-bond donors (Lipinski definition) is 2. The van der Waals surface area contributed by atoms with Crippen LogP contribution in [0.4, 0.5) is 8.78 Å². The molecule has 0 fully saturated rings. The van der Waals surface area contributed by atoms with Crippen LogP contribution in [0, 0.1) is 13.8 Å². The topological polar surface area (TPSA) is 72.9 Å². The lowest BCUT2D eigenvalue weighted by atomic mass is 10.1. The highest BCUT2D eigenvalue weighted by Gasteiger charge is 2.27. The Hall–Kier alpha value is -1.99. The molecule has 0 aliphatic carbocycles. The lowest BCUT2D eigenvalue weighted by Crippen LogP contribution is -2.41. The van der Waals surface area contributed by atoms with E-state index < -0.39 is 24.9 Å². The first-order chi connectivity index (χ1) is 10.8. The van der Waals surface area contributed by atoms with Crippen molar-refractivity contribution in [3.05, 3.63) is 52.8 Å². The second-order valence-electron chi connectivity index (χ2n) is 5.53. The van der Waals surface area contributed by atoms with Gasteiger partial charge in [0.2, 0.25) is 0 Å². The lowest BCUT2D eigenvalue weighted by Gasteiger charge is -2.14. The first-order valence-electron chi connectivity index (χ1n) is 7.27. The summed E-state index contributed by atoms with van der Waals surface area (Å²) in [6.07, 6.45) is 0. The Labute approximate surface area is 145 Å². The molecular weight excluding hydrogens is 338 g/mol. The molecule has 8 heteroatoms. The predicted molar refractivity (Wildman–Crippen MR) is 90.8 cm³/mol. The molecule has 0 aliphatic rings. The number of aryl methyl sites for hydroxylation is 2. The minimum Gasteiger partial charge on any atom is -0.346 e. The Morgan fingerprint density at radius 1 is 1.33 bits per heavy atom. The number of nitrogens with zero attached hydrogens (tertiary/aromatic N) is 2. The monoisotopic (exact) mass is 358 g/mol. The molecule has 0 spiro atoms. The van der Waals surface area contributed by atoms with Gasteiger partial charge in [-0.15, -0.1) is 12.4 Å². The van der Waals surface area contributed by atoms with Crippen molar-refractivity contribution in [2.24, 2.45) is 5.73 Å². The molecule has 1 heterocycles. The average Bonchev–Trinajstić information content (AvgIpc) is 2.83. The van der Waals surface area contributed by atoms with E-state index in [2.05, 4.69) is 10.4 Å². The molecule has 0 radical (unpaired) electrons. The van der Waals surface area contributed by atoms with Gasteiger partial charge < -0.3 is 11.1 Å². The van der Waals surface area contributed by atoms with Gasteiger partial charge in [-0.3, -0.25) is 9.48 Å². The largest absolute Gasteiger partial charge is 0.346 e. The minimum atomic E-state index is -3.10. The van der Waals surface area contributed by atoms with Crippen LogP contribution in [0.1, 0.15) is 27.3 Å². The summed E-state index contributed by atoms with van der Waals surface area (Å²) in [6.45, 7) is 2.80. The minimum absolute atomic E-state index is 0. The van der Waals surface area contributed by atoms with Gasteiger partial charge in [-0.1, -0.05) is 12.1 Å². The van der Waals surface area contributed by atoms with Crippen LogP contribution in [0.15, 0.2) is 30.3 Å². The molecule has 0 saturated heterocycles. The molecule has 0 unspecified atom stereocenters. The van der Waals surface area contributed by atoms with E-state index in [1.165, 1.54) is 0 Å². The molecule has 1 aromatic carbocycles. The summed E-state index contributed by atoms with van der Waals surface area (Å²) >= 11 is 0. The number of aromatic nitrogens is 2. The normalized spacial score (nSPS) is 11.0. The summed E-state index contributed by atoms with van der Waals surface area (Å²) in [5.74, 6) is -3.65. The smallest absolute Gasteiger partial charge is 0.277 e. The molecule has 0 saturated carbocycles. The first kappa shape index (κ1) is 20.1. The number of hydrogen-bond acceptors (Lipinski definition) is 3. The molecule has 5 nitrogen and oxygen atoms in total. The number of alkyl halides is 2. The Bertz CT molecular complexity index is 703. The van der Waals surface area contributed by atoms with E-state index in [4.69, 9.17) is 5.73 Å². The molecule has 2 rings (SSSR count). The molecule has 24 heavy (non-hydrogen) atoms. The van der Waals surface area contributed by atoms with E-state index in [1.54, 1.807) is 18.2 Å². The Balaban J connectivity index is 0.00000288. The van der Waals surface area contributed by atoms with E-state index in [-0.39, 0.29) is 12.4 Å². The number of amides is 1. The maximum absolute atomic E-state index is 13.1. The van der Waals surface area contributed by atoms with Gasteiger partial charge in [0, 0.05) is 11.3 Å². The van der Waals surface area contributed by atoms with Crippen molar-refractivity contribution in [1.29, 1.82) is 0 Å². The molecule has 2 aromatic rings. The van der Waals surface area contributed by atoms with Crippen molar-refractivity contribution < 1.29 is 13.6 Å². The maximum atomic E-state index is 13.1. The number of nitrogens with one attached hydrogen (secondary N) is 1. The zero-order chi connectivity index (χ0) is 17.0. The third kappa shape index (κ3) is 5.28. The molecule has 0 bridgehead atoms. The van der Waals surface area contributed by atoms with Gasteiger partial charge in [-0.25, -0.2) is 8.78 Å². The summed E-state index contributed by atoms with van der Waals surface area (Å²) in [5, 5.41) is 6.57. The summed E-state index contributed by atoms with van der Waals surface area (Å²) in [7, 11) is 0. The summed E-state index contributed by atoms with van der Waals surface area (Å²) in [4.78, 5) is 12.0. The zero-order valence-electron chi connectivity index (χ0n) is 13.6. The van der Waals surface area contributed by atoms with E-state index in [9.17, 15) is 13.6 Å². The number of nitrogens with two attached hydrogens (primary N) is 1. The van der Waals surface area contributed by atoms with Crippen LogP contribution < -0.4 is 11.1 Å². The molecule has 3 N–H and O–H groups in total. The molecule has 0 aliphatic heterocycles. The van der Waals surface area contributed by atoms with Crippen molar-refractivity contribution in [2.75, 3.05) is 13.1 Å². The molecule has 0 atom stereocenters. The van der Waals surface area contributed by atoms with Crippen molar-refractivity contribution in [2.45, 2.75) is 26.3 Å². The molecule has 1 amide bonds. The van der Waals surface area contributed by atoms with Crippen LogP contribution in [0.5, 0.6) is 0 Å². The molecular formula is C16H21ClF2N4O. The van der Waals surface area contributed by atoms with Crippen molar-refractivity contribution in [3.8, 4) is 0 Å². The number of halogens is 3. The third-order valence-corrected chi connectivity index (χ3v) is 3.43. The highest BCUT2D eigenvalue weighted by Crippen LogP contribution is 2.12. The van der Waals surface area contributed by atoms with Crippen molar-refractivity contribution in [1.82, 2.24) is 15.1 Å². The van der Waals surface area contributed by atoms with Crippen LogP contribution in [-0.2, 0) is 6.54 Å². The van der Waals surface area contributed by atoms with Gasteiger partial charge in [-0.05, 0) is 37.6 Å². The predicted octanol–water partition coefficient (Wildman–Crippen LogP) is 2.29. The van der Waals surface area contributed by atoms with Gasteiger partial charge in [0.05, 0.1) is 25.3 Å². The SMILES string of the molecule is Cc1cc(C)n(Cc2cccc(C(=O)NCC(F)(F)CN)c2)n1.Cl. The van der Waals surface area contributed by atoms with Crippen LogP contribution in [0.3, 0.4) is 0 Å². The van der Waals surface area contributed by atoms with Gasteiger partial charge in [0.1, 0.15) is 0 Å². The summed E-state index contributed by atoms with van der Waals surface area (Å²) in [5.41, 5.74) is 8.08. The maximum Gasteiger partial charge on any atom is 0.277 e. The van der Waals surface area contributed by atoms with Gasteiger partial charge >= 0.3 is 0 Å². The first-order valence-corrected chi connectivity index (χ1v) is 7.27. The summed E-state index contributed by atoms with van der Waals surface area (Å²) < 4.78 is 28.0. The second kappa shape index (κ2) is 8.21. The lowest BCUT2D eigenvalue weighted by molar-refractivity contribution is 0.0118. The van der Waals surface area contributed by atoms with Crippen molar-refractivity contribution in [3.63, 3.8) is 0 Å². The third-order valence-electron chi connectivity index (χ3n) is 3.43. The van der Waals surface area contributed by atoms with E-state index in [0.717, 1.165) is 17.0 Å². The van der Waals surface area contributed by atoms with Gasteiger partial charge in [-0.2, -0.15) is 5.10 Å². The number of carbonyl (C=O) groups is 1. The summed E-state index contributed by atoms with van der Waals surface area (Å²) in [6, 6.07) is 8.80. The van der Waals surface area contributed by atoms with E-state index >= 15 is 0 Å². The Morgan fingerprint density at radius 3 is 2.62 bits per heavy atom. The fraction of sp³-hybridized carbons (Fsp3) is 0.375. The van der Waals surface area contributed by atoms with Gasteiger partial charge in [0.15, 0.2) is 0 Å². The van der Waals surface area contributed by atoms with E-state index in [1.807, 2.05) is 30.7 Å². The number of benzene rings is 1.